The van der Waals surface area contributed by atoms with Crippen LogP contribution in [0.4, 0.5) is 5.95 Å². The van der Waals surface area contributed by atoms with Gasteiger partial charge in [-0.1, -0.05) is 12.1 Å². The Morgan fingerprint density at radius 2 is 2.00 bits per heavy atom. The molecular formula is C15H19N5O4. The molecule has 1 saturated heterocycles. The summed E-state index contributed by atoms with van der Waals surface area (Å²) in [6, 6.07) is 6.37. The molecule has 1 aromatic carbocycles. The van der Waals surface area contributed by atoms with Crippen LogP contribution in [-0.2, 0) is 9.53 Å². The summed E-state index contributed by atoms with van der Waals surface area (Å²) in [5, 5.41) is 33.6. The molecule has 9 heteroatoms. The van der Waals surface area contributed by atoms with Gasteiger partial charge in [0.05, 0.1) is 13.0 Å². The van der Waals surface area contributed by atoms with Crippen molar-refractivity contribution in [2.45, 2.75) is 25.4 Å². The van der Waals surface area contributed by atoms with E-state index in [9.17, 15) is 15.2 Å². The van der Waals surface area contributed by atoms with Crippen LogP contribution >= 0.6 is 0 Å². The number of rotatable bonds is 5. The summed E-state index contributed by atoms with van der Waals surface area (Å²) in [5.41, 5.74) is 0.394. The molecule has 0 aliphatic carbocycles. The summed E-state index contributed by atoms with van der Waals surface area (Å²) in [4.78, 5) is 12.2. The maximum atomic E-state index is 12.2. The van der Waals surface area contributed by atoms with Crippen LogP contribution in [0.3, 0.4) is 0 Å². The van der Waals surface area contributed by atoms with E-state index >= 15 is 0 Å². The zero-order valence-electron chi connectivity index (χ0n) is 13.1. The van der Waals surface area contributed by atoms with Crippen LogP contribution < -0.4 is 20.2 Å². The van der Waals surface area contributed by atoms with Gasteiger partial charge < -0.3 is 20.5 Å². The van der Waals surface area contributed by atoms with Crippen molar-refractivity contribution in [1.29, 1.82) is 0 Å². The fourth-order valence-corrected chi connectivity index (χ4v) is 2.63. The van der Waals surface area contributed by atoms with Gasteiger partial charge in [0.2, 0.25) is 5.10 Å². The number of esters is 1. The number of benzene rings is 1. The van der Waals surface area contributed by atoms with Crippen LogP contribution in [0.2, 0.25) is 0 Å². The molecular weight excluding hydrogens is 314 g/mol. The van der Waals surface area contributed by atoms with Gasteiger partial charge in [-0.15, -0.1) is 0 Å². The molecule has 24 heavy (non-hydrogen) atoms. The lowest BCUT2D eigenvalue weighted by atomic mass is 10.1. The van der Waals surface area contributed by atoms with E-state index in [2.05, 4.69) is 15.7 Å². The Morgan fingerprint density at radius 1 is 1.29 bits per heavy atom. The Balaban J connectivity index is 1.57. The molecule has 9 nitrogen and oxygen atoms in total. The molecule has 128 valence electrons. The lowest BCUT2D eigenvalue weighted by Crippen LogP contribution is -2.44. The minimum Gasteiger partial charge on any atom is -0.739 e. The van der Waals surface area contributed by atoms with Crippen molar-refractivity contribution >= 4 is 23.0 Å². The number of carbonyl (C=O) groups excluding carboxylic acids is 1. The molecule has 1 fully saturated rings. The van der Waals surface area contributed by atoms with E-state index in [0.717, 1.165) is 25.9 Å². The van der Waals surface area contributed by atoms with Gasteiger partial charge in [0.15, 0.2) is 5.52 Å². The van der Waals surface area contributed by atoms with Crippen LogP contribution in [0.1, 0.15) is 19.3 Å². The minimum atomic E-state index is -0.331. The van der Waals surface area contributed by atoms with Crippen LogP contribution in [-0.4, -0.2) is 36.8 Å². The smallest absolute Gasteiger partial charge is 0.460 e. The lowest BCUT2D eigenvalue weighted by Gasteiger charge is -2.22. The van der Waals surface area contributed by atoms with E-state index < -0.39 is 0 Å². The van der Waals surface area contributed by atoms with Gasteiger partial charge in [-0.3, -0.25) is 10.1 Å². The summed E-state index contributed by atoms with van der Waals surface area (Å²) in [6.07, 6.45) is 1.66. The fraction of sp³-hybridized carbons (Fsp3) is 0.467. The summed E-state index contributed by atoms with van der Waals surface area (Å²) < 4.78 is 5.91. The number of para-hydroxylation sites is 2. The monoisotopic (exact) mass is 333 g/mol. The highest BCUT2D eigenvalue weighted by atomic mass is 16.5. The van der Waals surface area contributed by atoms with Gasteiger partial charge in [0, 0.05) is 10.9 Å². The van der Waals surface area contributed by atoms with Crippen molar-refractivity contribution in [3.05, 3.63) is 34.7 Å². The maximum Gasteiger partial charge on any atom is 0.460 e. The van der Waals surface area contributed by atoms with E-state index in [0.29, 0.717) is 9.58 Å². The van der Waals surface area contributed by atoms with Gasteiger partial charge in [0.25, 0.3) is 5.52 Å². The van der Waals surface area contributed by atoms with E-state index in [1.54, 1.807) is 12.1 Å². The van der Waals surface area contributed by atoms with Crippen molar-refractivity contribution in [3.8, 4) is 0 Å². The van der Waals surface area contributed by atoms with Crippen LogP contribution in [0, 0.1) is 10.4 Å². The highest BCUT2D eigenvalue weighted by molar-refractivity contribution is 5.70. The summed E-state index contributed by atoms with van der Waals surface area (Å²) in [5.74, 6) is -0.471. The fourth-order valence-electron chi connectivity index (χ4n) is 2.63. The first-order valence-electron chi connectivity index (χ1n) is 7.91. The number of piperidine rings is 1. The van der Waals surface area contributed by atoms with E-state index in [1.807, 2.05) is 0 Å². The van der Waals surface area contributed by atoms with Crippen molar-refractivity contribution in [2.24, 2.45) is 0 Å². The van der Waals surface area contributed by atoms with Gasteiger partial charge in [0.1, 0.15) is 6.10 Å². The minimum absolute atomic E-state index is 0.0502. The quantitative estimate of drug-likeness (QED) is 0.434. The number of anilines is 1. The molecule has 0 unspecified atom stereocenters. The number of ether oxygens (including phenoxy) is 1. The van der Waals surface area contributed by atoms with E-state index in [1.165, 1.54) is 12.1 Å². The molecule has 3 rings (SSSR count). The number of nitrogens with one attached hydrogen (secondary N) is 2. The number of hydrogen-bond acceptors (Lipinski definition) is 7. The molecule has 0 amide bonds. The molecule has 0 bridgehead atoms. The topological polar surface area (TPSA) is 117 Å². The SMILES string of the molecule is O=C(CCNc1n[n+]([O-])c2ccccc2[n+]1[O-])OC1CCNCC1. The predicted molar refractivity (Wildman–Crippen MR) is 84.8 cm³/mol. The average molecular weight is 333 g/mol. The summed E-state index contributed by atoms with van der Waals surface area (Å²) in [6.45, 7) is 1.85. The zero-order valence-corrected chi connectivity index (χ0v) is 13.1. The van der Waals surface area contributed by atoms with Crippen molar-refractivity contribution in [3.63, 3.8) is 0 Å². The van der Waals surface area contributed by atoms with Gasteiger partial charge in [-0.25, -0.2) is 4.73 Å². The molecule has 0 atom stereocenters. The zero-order chi connectivity index (χ0) is 16.9. The third-order valence-electron chi connectivity index (χ3n) is 3.88. The highest BCUT2D eigenvalue weighted by Gasteiger charge is 2.21. The maximum absolute atomic E-state index is 12.2. The Bertz CT molecular complexity index is 733. The molecule has 0 spiro atoms. The number of carbonyl (C=O) groups is 1. The second-order valence-electron chi connectivity index (χ2n) is 5.60. The molecule has 1 aromatic heterocycles. The summed E-state index contributed by atoms with van der Waals surface area (Å²) >= 11 is 0. The van der Waals surface area contributed by atoms with E-state index in [-0.39, 0.29) is 42.0 Å². The van der Waals surface area contributed by atoms with Crippen molar-refractivity contribution < 1.29 is 19.1 Å². The lowest BCUT2D eigenvalue weighted by molar-refractivity contribution is -0.672. The first-order chi connectivity index (χ1) is 11.6. The second kappa shape index (κ2) is 7.26. The number of nitrogens with zero attached hydrogens (tertiary/aromatic N) is 3. The Morgan fingerprint density at radius 3 is 2.75 bits per heavy atom. The third kappa shape index (κ3) is 3.62. The molecule has 0 radical (unpaired) electrons. The number of hydrogen-bond donors (Lipinski definition) is 2. The van der Waals surface area contributed by atoms with Crippen molar-refractivity contribution in [2.75, 3.05) is 25.0 Å². The molecule has 0 saturated carbocycles. The predicted octanol–water partition coefficient (Wildman–Crippen LogP) is -0.401. The second-order valence-corrected chi connectivity index (χ2v) is 5.60. The third-order valence-corrected chi connectivity index (χ3v) is 3.88. The van der Waals surface area contributed by atoms with Gasteiger partial charge in [-0.2, -0.15) is 0 Å². The first kappa shape index (κ1) is 16.2. The molecule has 2 N–H and O–H groups in total. The van der Waals surface area contributed by atoms with Crippen LogP contribution in [0.25, 0.3) is 11.0 Å². The van der Waals surface area contributed by atoms with Crippen molar-refractivity contribution in [1.82, 2.24) is 10.4 Å². The first-order valence-corrected chi connectivity index (χ1v) is 7.91. The van der Waals surface area contributed by atoms with Crippen LogP contribution in [0.15, 0.2) is 24.3 Å². The van der Waals surface area contributed by atoms with Crippen LogP contribution in [0.5, 0.6) is 0 Å². The van der Waals surface area contributed by atoms with E-state index in [4.69, 9.17) is 4.74 Å². The summed E-state index contributed by atoms with van der Waals surface area (Å²) in [7, 11) is 0. The Kier molecular flexibility index (Phi) is 4.90. The highest BCUT2D eigenvalue weighted by Crippen LogP contribution is 2.09. The Hall–Kier alpha value is -2.68. The molecule has 2 aromatic rings. The number of aromatic nitrogens is 3. The Labute approximate surface area is 138 Å². The molecule has 1 aliphatic rings. The average Bonchev–Trinajstić information content (AvgIpc) is 2.60. The normalized spacial score (nSPS) is 15.3. The molecule has 2 heterocycles. The largest absolute Gasteiger partial charge is 0.739 e. The molecule has 1 aliphatic heterocycles. The number of fused-ring (bicyclic) bond motifs is 1. The van der Waals surface area contributed by atoms with Gasteiger partial charge in [-0.05, 0) is 32.0 Å². The van der Waals surface area contributed by atoms with Gasteiger partial charge >= 0.3 is 11.9 Å². The standard InChI is InChI=1S/C15H19N5O4/c21-14(24-11-5-8-16-9-6-11)7-10-17-15-18-20(23)13-4-2-1-3-12(13)19(15)22/h1-4,11,16H,5-10H2,(H,17,18).